The summed E-state index contributed by atoms with van der Waals surface area (Å²) in [7, 11) is -2.33. The van der Waals surface area contributed by atoms with E-state index in [4.69, 9.17) is 4.74 Å². The largest absolute Gasteiger partial charge is 0.416 e. The van der Waals surface area contributed by atoms with Crippen LogP contribution in [0.5, 0.6) is 0 Å². The molecule has 2 aliphatic rings. The first-order valence-electron chi connectivity index (χ1n) is 12.7. The molecule has 10 heteroatoms. The van der Waals surface area contributed by atoms with Gasteiger partial charge in [-0.15, -0.1) is 0 Å². The molecule has 6 nitrogen and oxygen atoms in total. The summed E-state index contributed by atoms with van der Waals surface area (Å²) >= 11 is 0. The molecule has 35 heavy (non-hydrogen) atoms. The number of aliphatic hydroxyl groups excluding tert-OH is 1. The van der Waals surface area contributed by atoms with Gasteiger partial charge in [-0.3, -0.25) is 4.90 Å². The summed E-state index contributed by atoms with van der Waals surface area (Å²) in [5.41, 5.74) is -0.860. The number of ether oxygens (including phenoxy) is 1. The number of unbranched alkanes of at least 4 members (excludes halogenated alkanes) is 1. The fourth-order valence-corrected chi connectivity index (χ4v) is 6.45. The number of halogens is 3. The second kappa shape index (κ2) is 12.9. The first kappa shape index (κ1) is 28.4. The lowest BCUT2D eigenvalue weighted by Gasteiger charge is -2.31. The number of hydrogen-bond acceptors (Lipinski definition) is 5. The van der Waals surface area contributed by atoms with Crippen molar-refractivity contribution in [2.24, 2.45) is 11.8 Å². The number of nitrogens with zero attached hydrogens (tertiary/aromatic N) is 2. The van der Waals surface area contributed by atoms with Crippen LogP contribution in [0.3, 0.4) is 0 Å². The second-order valence-electron chi connectivity index (χ2n) is 9.99. The standard InChI is InChI=1S/C25H39F3N2O4S/c1-29(35(32,33)24-12-10-22(11-13-24)25(26,27)28)17-20-6-8-21(9-7-20)19-34-16-3-2-14-30-15-4-5-23(30)18-31/h10-13,20-21,23,31H,2-9,14-19H2,1H3. The highest BCUT2D eigenvalue weighted by molar-refractivity contribution is 7.89. The third kappa shape index (κ3) is 8.15. The molecular formula is C25H39F3N2O4S. The number of hydrogen-bond donors (Lipinski definition) is 1. The van der Waals surface area contributed by atoms with E-state index in [1.807, 2.05) is 0 Å². The fourth-order valence-electron chi connectivity index (χ4n) is 5.20. The van der Waals surface area contributed by atoms with E-state index in [2.05, 4.69) is 4.90 Å². The van der Waals surface area contributed by atoms with Gasteiger partial charge in [0.2, 0.25) is 10.0 Å². The van der Waals surface area contributed by atoms with Gasteiger partial charge in [0.25, 0.3) is 0 Å². The van der Waals surface area contributed by atoms with Crippen molar-refractivity contribution in [1.82, 2.24) is 9.21 Å². The van der Waals surface area contributed by atoms with Crippen LogP contribution in [0.15, 0.2) is 29.2 Å². The molecule has 1 heterocycles. The molecule has 1 aliphatic carbocycles. The summed E-state index contributed by atoms with van der Waals surface area (Å²) in [6, 6.07) is 4.00. The van der Waals surface area contributed by atoms with Gasteiger partial charge < -0.3 is 9.84 Å². The van der Waals surface area contributed by atoms with E-state index in [0.717, 1.165) is 95.5 Å². The Morgan fingerprint density at radius 2 is 1.71 bits per heavy atom. The summed E-state index contributed by atoms with van der Waals surface area (Å²) in [6.45, 7) is 4.18. The van der Waals surface area contributed by atoms with Crippen molar-refractivity contribution in [3.8, 4) is 0 Å². The summed E-state index contributed by atoms with van der Waals surface area (Å²) < 4.78 is 71.0. The zero-order valence-corrected chi connectivity index (χ0v) is 21.4. The minimum atomic E-state index is -4.49. The smallest absolute Gasteiger partial charge is 0.395 e. The van der Waals surface area contributed by atoms with Crippen molar-refractivity contribution in [3.05, 3.63) is 29.8 Å². The monoisotopic (exact) mass is 520 g/mol. The number of aliphatic hydroxyl groups is 1. The van der Waals surface area contributed by atoms with E-state index in [1.165, 1.54) is 17.8 Å². The topological polar surface area (TPSA) is 70.1 Å². The van der Waals surface area contributed by atoms with Crippen molar-refractivity contribution in [1.29, 1.82) is 0 Å². The molecule has 2 fully saturated rings. The first-order chi connectivity index (χ1) is 16.6. The maximum atomic E-state index is 12.8. The highest BCUT2D eigenvalue weighted by Crippen LogP contribution is 2.32. The van der Waals surface area contributed by atoms with Crippen molar-refractivity contribution >= 4 is 10.0 Å². The van der Waals surface area contributed by atoms with Crippen LogP contribution in [0.1, 0.15) is 56.9 Å². The molecule has 0 bridgehead atoms. The van der Waals surface area contributed by atoms with E-state index < -0.39 is 21.8 Å². The lowest BCUT2D eigenvalue weighted by Crippen LogP contribution is -2.34. The Morgan fingerprint density at radius 1 is 1.06 bits per heavy atom. The van der Waals surface area contributed by atoms with Crippen molar-refractivity contribution < 1.29 is 31.4 Å². The molecule has 0 radical (unpaired) electrons. The van der Waals surface area contributed by atoms with Gasteiger partial charge in [0.1, 0.15) is 0 Å². The summed E-state index contributed by atoms with van der Waals surface area (Å²) in [5, 5.41) is 9.38. The maximum Gasteiger partial charge on any atom is 0.416 e. The molecule has 1 aromatic rings. The number of benzene rings is 1. The van der Waals surface area contributed by atoms with E-state index in [0.29, 0.717) is 18.5 Å². The average molecular weight is 521 g/mol. The van der Waals surface area contributed by atoms with Gasteiger partial charge in [-0.1, -0.05) is 0 Å². The number of alkyl halides is 3. The Hall–Kier alpha value is -1.20. The second-order valence-corrected chi connectivity index (χ2v) is 12.0. The number of sulfonamides is 1. The predicted molar refractivity (Wildman–Crippen MR) is 128 cm³/mol. The molecule has 1 atom stereocenters. The Labute approximate surface area is 207 Å². The molecule has 1 aromatic carbocycles. The molecule has 0 spiro atoms. The molecule has 1 saturated heterocycles. The molecule has 1 unspecified atom stereocenters. The van der Waals surface area contributed by atoms with Gasteiger partial charge in [0.15, 0.2) is 0 Å². The summed E-state index contributed by atoms with van der Waals surface area (Å²) in [4.78, 5) is 2.25. The Bertz CT molecular complexity index is 872. The molecule has 3 rings (SSSR count). The number of likely N-dealkylation sites (tertiary alicyclic amines) is 1. The lowest BCUT2D eigenvalue weighted by atomic mass is 9.82. The van der Waals surface area contributed by atoms with E-state index in [1.54, 1.807) is 0 Å². The zero-order valence-electron chi connectivity index (χ0n) is 20.5. The SMILES string of the molecule is CN(CC1CCC(COCCCCN2CCCC2CO)CC1)S(=O)(=O)c1ccc(C(F)(F)F)cc1. The lowest BCUT2D eigenvalue weighted by molar-refractivity contribution is -0.137. The highest BCUT2D eigenvalue weighted by Gasteiger charge is 2.32. The van der Waals surface area contributed by atoms with Gasteiger partial charge in [-0.25, -0.2) is 12.7 Å². The molecule has 1 aliphatic heterocycles. The Morgan fingerprint density at radius 3 is 2.34 bits per heavy atom. The van der Waals surface area contributed by atoms with Gasteiger partial charge in [-0.05, 0) is 101 Å². The molecule has 200 valence electrons. The third-order valence-corrected chi connectivity index (χ3v) is 9.26. The molecule has 0 aromatic heterocycles. The van der Waals surface area contributed by atoms with E-state index >= 15 is 0 Å². The van der Waals surface area contributed by atoms with Crippen molar-refractivity contribution in [2.45, 2.75) is 68.5 Å². The van der Waals surface area contributed by atoms with Crippen LogP contribution in [0.2, 0.25) is 0 Å². The van der Waals surface area contributed by atoms with Crippen molar-refractivity contribution in [2.75, 3.05) is 46.5 Å². The Kier molecular flexibility index (Phi) is 10.4. The summed E-state index contributed by atoms with van der Waals surface area (Å²) in [5.74, 6) is 0.723. The minimum absolute atomic E-state index is 0.119. The molecular weight excluding hydrogens is 481 g/mol. The highest BCUT2D eigenvalue weighted by atomic mass is 32.2. The fraction of sp³-hybridized carbons (Fsp3) is 0.760. The van der Waals surface area contributed by atoms with Crippen molar-refractivity contribution in [3.63, 3.8) is 0 Å². The molecule has 0 amide bonds. The minimum Gasteiger partial charge on any atom is -0.395 e. The predicted octanol–water partition coefficient (Wildman–Crippen LogP) is 4.39. The van der Waals surface area contributed by atoms with Gasteiger partial charge >= 0.3 is 6.18 Å². The van der Waals surface area contributed by atoms with Crippen LogP contribution in [-0.2, 0) is 20.9 Å². The van der Waals surface area contributed by atoms with E-state index in [-0.39, 0.29) is 17.4 Å². The van der Waals surface area contributed by atoms with E-state index in [9.17, 15) is 26.7 Å². The normalized spacial score (nSPS) is 24.3. The van der Waals surface area contributed by atoms with Crippen LogP contribution in [0, 0.1) is 11.8 Å². The zero-order chi connectivity index (χ0) is 25.5. The van der Waals surface area contributed by atoms with Gasteiger partial charge in [-0.2, -0.15) is 13.2 Å². The first-order valence-corrected chi connectivity index (χ1v) is 14.1. The average Bonchev–Trinajstić information content (AvgIpc) is 3.29. The van der Waals surface area contributed by atoms with Gasteiger partial charge in [0.05, 0.1) is 17.1 Å². The maximum absolute atomic E-state index is 12.8. The van der Waals surface area contributed by atoms with Crippen LogP contribution in [-0.4, -0.2) is 75.3 Å². The Balaban J connectivity index is 1.32. The summed E-state index contributed by atoms with van der Waals surface area (Å²) in [6.07, 6.45) is 3.66. The third-order valence-electron chi connectivity index (χ3n) is 7.42. The quantitative estimate of drug-likeness (QED) is 0.414. The number of rotatable bonds is 12. The molecule has 1 N–H and O–H groups in total. The van der Waals surface area contributed by atoms with Crippen LogP contribution in [0.4, 0.5) is 13.2 Å². The van der Waals surface area contributed by atoms with Gasteiger partial charge in [0, 0.05) is 32.8 Å². The van der Waals surface area contributed by atoms with Crippen LogP contribution < -0.4 is 0 Å². The van der Waals surface area contributed by atoms with Crippen LogP contribution in [0.25, 0.3) is 0 Å². The van der Waals surface area contributed by atoms with Crippen LogP contribution >= 0.6 is 0 Å². The molecule has 1 saturated carbocycles.